The average molecular weight is 738 g/mol. The van der Waals surface area contributed by atoms with Gasteiger partial charge in [-0.3, -0.25) is 19.7 Å². The zero-order chi connectivity index (χ0) is 37.9. The molecule has 1 saturated heterocycles. The number of aliphatic hydroxyl groups excluding tert-OH is 1. The largest absolute Gasteiger partial charge is 0.493 e. The Balaban J connectivity index is 1.10. The lowest BCUT2D eigenvalue weighted by Crippen LogP contribution is -2.41. The average Bonchev–Trinajstić information content (AvgIpc) is 3.22. The lowest BCUT2D eigenvalue weighted by atomic mass is 9.96. The predicted octanol–water partition coefficient (Wildman–Crippen LogP) is 6.54. The van der Waals surface area contributed by atoms with E-state index in [2.05, 4.69) is 58.7 Å². The number of amides is 2. The van der Waals surface area contributed by atoms with Gasteiger partial charge >= 0.3 is 0 Å². The molecule has 2 amide bonds. The van der Waals surface area contributed by atoms with Gasteiger partial charge in [-0.15, -0.1) is 0 Å². The third-order valence-corrected chi connectivity index (χ3v) is 10.2. The van der Waals surface area contributed by atoms with Crippen LogP contribution in [-0.2, 0) is 45.2 Å². The second kappa shape index (κ2) is 19.0. The van der Waals surface area contributed by atoms with Crippen molar-refractivity contribution in [3.63, 3.8) is 0 Å². The van der Waals surface area contributed by atoms with Crippen molar-refractivity contribution in [3.05, 3.63) is 118 Å². The Morgan fingerprint density at radius 1 is 0.796 bits per heavy atom. The highest BCUT2D eigenvalue weighted by molar-refractivity contribution is 5.76. The van der Waals surface area contributed by atoms with Crippen molar-refractivity contribution < 1.29 is 38.9 Å². The smallest absolute Gasteiger partial charge is 0.243 e. The molecule has 286 valence electrons. The molecule has 0 spiro atoms. The van der Waals surface area contributed by atoms with Crippen LogP contribution in [0.1, 0.15) is 84.3 Å². The van der Waals surface area contributed by atoms with E-state index in [0.717, 1.165) is 77.4 Å². The summed E-state index contributed by atoms with van der Waals surface area (Å²) >= 11 is 0. The molecule has 0 bridgehead atoms. The molecule has 2 aliphatic heterocycles. The standard InChI is InChI=1S/C43H51N3O8/c1-51-39-22-35-19-20-46(26-36(35)23-40(39)52-2)27-37-24-38(32-13-11-29(28-47)12-14-32)54-43(53-37)33-17-15-31(16-18-33)34-8-6-7-30(21-34)25-44-41(48)9-4-3-5-10-42(49)45-50/h6-8,11-18,21-23,37-38,43,47,50H,3-5,9-10,19-20,24-28H2,1-2H3,(H,44,48)(H,45,49)/t37-,38+,43+/m1/s1. The summed E-state index contributed by atoms with van der Waals surface area (Å²) in [5.74, 6) is 1.05. The molecule has 0 radical (unpaired) electrons. The number of carbonyl (C=O) groups excluding carboxylic acids is 2. The second-order valence-electron chi connectivity index (χ2n) is 14.0. The van der Waals surface area contributed by atoms with Gasteiger partial charge in [0.25, 0.3) is 0 Å². The van der Waals surface area contributed by atoms with Gasteiger partial charge < -0.3 is 29.4 Å². The van der Waals surface area contributed by atoms with Crippen LogP contribution in [0.5, 0.6) is 11.5 Å². The third-order valence-electron chi connectivity index (χ3n) is 10.2. The summed E-state index contributed by atoms with van der Waals surface area (Å²) in [7, 11) is 3.33. The molecular weight excluding hydrogens is 686 g/mol. The first-order valence-corrected chi connectivity index (χ1v) is 18.7. The number of aliphatic hydroxyl groups is 1. The van der Waals surface area contributed by atoms with E-state index < -0.39 is 12.2 Å². The van der Waals surface area contributed by atoms with Crippen molar-refractivity contribution in [2.75, 3.05) is 27.3 Å². The Morgan fingerprint density at radius 3 is 2.20 bits per heavy atom. The van der Waals surface area contributed by atoms with Gasteiger partial charge in [-0.05, 0) is 76.4 Å². The monoisotopic (exact) mass is 737 g/mol. The normalized spacial score (nSPS) is 18.4. The van der Waals surface area contributed by atoms with E-state index in [1.807, 2.05) is 36.4 Å². The lowest BCUT2D eigenvalue weighted by molar-refractivity contribution is -0.253. The fourth-order valence-electron chi connectivity index (χ4n) is 7.20. The minimum atomic E-state index is -0.560. The number of carbonyl (C=O) groups is 2. The van der Waals surface area contributed by atoms with Crippen molar-refractivity contribution in [2.45, 2.75) is 83.1 Å². The van der Waals surface area contributed by atoms with Crippen LogP contribution < -0.4 is 20.3 Å². The number of hydroxylamine groups is 1. The fourth-order valence-corrected chi connectivity index (χ4v) is 7.20. The molecule has 54 heavy (non-hydrogen) atoms. The number of hydrogen-bond donors (Lipinski definition) is 4. The van der Waals surface area contributed by atoms with Crippen LogP contribution in [0.25, 0.3) is 11.1 Å². The minimum Gasteiger partial charge on any atom is -0.493 e. The molecule has 0 saturated carbocycles. The molecule has 2 aliphatic rings. The highest BCUT2D eigenvalue weighted by Crippen LogP contribution is 2.40. The number of benzene rings is 4. The van der Waals surface area contributed by atoms with Crippen LogP contribution in [0.15, 0.2) is 84.9 Å². The van der Waals surface area contributed by atoms with Gasteiger partial charge in [0.1, 0.15) is 0 Å². The topological polar surface area (TPSA) is 139 Å². The Bertz CT molecular complexity index is 1850. The van der Waals surface area contributed by atoms with Crippen LogP contribution in [0, 0.1) is 0 Å². The van der Waals surface area contributed by atoms with Crippen molar-refractivity contribution in [1.82, 2.24) is 15.7 Å². The van der Waals surface area contributed by atoms with Crippen LogP contribution in [0.3, 0.4) is 0 Å². The molecule has 0 unspecified atom stereocenters. The van der Waals surface area contributed by atoms with Gasteiger partial charge in [0.05, 0.1) is 33.0 Å². The first kappa shape index (κ1) is 38.9. The number of hydrogen-bond acceptors (Lipinski definition) is 9. The Hall–Kier alpha value is -4.78. The van der Waals surface area contributed by atoms with Crippen molar-refractivity contribution in [2.24, 2.45) is 0 Å². The van der Waals surface area contributed by atoms with Crippen LogP contribution in [0.4, 0.5) is 0 Å². The van der Waals surface area contributed by atoms with Crippen molar-refractivity contribution in [3.8, 4) is 22.6 Å². The number of ether oxygens (including phenoxy) is 4. The van der Waals surface area contributed by atoms with E-state index in [0.29, 0.717) is 32.2 Å². The maximum Gasteiger partial charge on any atom is 0.243 e. The summed E-state index contributed by atoms with van der Waals surface area (Å²) in [6.45, 7) is 2.88. The summed E-state index contributed by atoms with van der Waals surface area (Å²) < 4.78 is 24.5. The van der Waals surface area contributed by atoms with Gasteiger partial charge in [0, 0.05) is 51.0 Å². The van der Waals surface area contributed by atoms with Crippen LogP contribution in [-0.4, -0.2) is 60.4 Å². The molecule has 4 N–H and O–H groups in total. The minimum absolute atomic E-state index is 0.00628. The molecule has 0 aromatic heterocycles. The predicted molar refractivity (Wildman–Crippen MR) is 204 cm³/mol. The molecule has 6 rings (SSSR count). The maximum atomic E-state index is 12.4. The lowest BCUT2D eigenvalue weighted by Gasteiger charge is -2.39. The summed E-state index contributed by atoms with van der Waals surface area (Å²) in [5.41, 5.74) is 10.1. The van der Waals surface area contributed by atoms with E-state index in [1.165, 1.54) is 11.1 Å². The molecule has 11 heteroatoms. The first-order chi connectivity index (χ1) is 26.3. The number of nitrogens with one attached hydrogen (secondary N) is 2. The van der Waals surface area contributed by atoms with Crippen LogP contribution >= 0.6 is 0 Å². The van der Waals surface area contributed by atoms with Gasteiger partial charge in [0.2, 0.25) is 11.8 Å². The summed E-state index contributed by atoms with van der Waals surface area (Å²) in [6.07, 6.45) is 3.48. The number of fused-ring (bicyclic) bond motifs is 1. The van der Waals surface area contributed by atoms with Gasteiger partial charge in [0.15, 0.2) is 17.8 Å². The summed E-state index contributed by atoms with van der Waals surface area (Å²) in [6, 6.07) is 28.5. The van der Waals surface area contributed by atoms with E-state index >= 15 is 0 Å². The molecule has 11 nitrogen and oxygen atoms in total. The summed E-state index contributed by atoms with van der Waals surface area (Å²) in [5, 5.41) is 21.2. The van der Waals surface area contributed by atoms with Crippen molar-refractivity contribution >= 4 is 11.8 Å². The number of methoxy groups -OCH3 is 2. The van der Waals surface area contributed by atoms with Gasteiger partial charge in [-0.25, -0.2) is 5.48 Å². The molecule has 1 fully saturated rings. The second-order valence-corrected chi connectivity index (χ2v) is 14.0. The van der Waals surface area contributed by atoms with E-state index in [4.69, 9.17) is 24.2 Å². The van der Waals surface area contributed by atoms with E-state index in [1.54, 1.807) is 19.7 Å². The van der Waals surface area contributed by atoms with Crippen LogP contribution in [0.2, 0.25) is 0 Å². The zero-order valence-corrected chi connectivity index (χ0v) is 31.1. The molecular formula is C43H51N3O8. The number of nitrogens with zero attached hydrogens (tertiary/aromatic N) is 1. The SMILES string of the molecule is COc1cc2c(cc1OC)CN(C[C@H]1C[C@@H](c3ccc(CO)cc3)O[C@@H](c3ccc(-c4cccc(CNC(=O)CCCCCC(=O)NO)c4)cc3)O1)CC2. The zero-order valence-electron chi connectivity index (χ0n) is 31.1. The number of rotatable bonds is 16. The molecule has 4 aromatic rings. The van der Waals surface area contributed by atoms with Gasteiger partial charge in [-0.2, -0.15) is 0 Å². The maximum absolute atomic E-state index is 12.4. The third kappa shape index (κ3) is 10.2. The highest BCUT2D eigenvalue weighted by Gasteiger charge is 2.34. The molecule has 2 heterocycles. The van der Waals surface area contributed by atoms with E-state index in [9.17, 15) is 14.7 Å². The molecule has 4 aromatic carbocycles. The Morgan fingerprint density at radius 2 is 1.50 bits per heavy atom. The molecule has 0 aliphatic carbocycles. The Labute approximate surface area is 317 Å². The first-order valence-electron chi connectivity index (χ1n) is 18.7. The summed E-state index contributed by atoms with van der Waals surface area (Å²) in [4.78, 5) is 26.0. The van der Waals surface area contributed by atoms with E-state index in [-0.39, 0.29) is 31.1 Å². The van der Waals surface area contributed by atoms with Crippen molar-refractivity contribution in [1.29, 1.82) is 0 Å². The van der Waals surface area contributed by atoms with Gasteiger partial charge in [-0.1, -0.05) is 73.2 Å². The quantitative estimate of drug-likeness (QED) is 0.0574. The highest BCUT2D eigenvalue weighted by atomic mass is 16.7. The fraction of sp³-hybridized carbons (Fsp3) is 0.395. The Kier molecular flexibility index (Phi) is 13.7. The molecule has 3 atom stereocenters. The number of unbranched alkanes of at least 4 members (excludes halogenated alkanes) is 2.